The number of carbonyl (C=O) groups is 1. The summed E-state index contributed by atoms with van der Waals surface area (Å²) in [5, 5.41) is 11.6. The molecule has 1 N–H and O–H groups in total. The summed E-state index contributed by atoms with van der Waals surface area (Å²) in [4.78, 5) is 12.4. The predicted octanol–water partition coefficient (Wildman–Crippen LogP) is 5.31. The number of methoxy groups -OCH3 is 1. The molecule has 0 heterocycles. The number of carbonyl (C=O) groups excluding carboxylic acids is 1. The molecule has 0 radical (unpaired) electrons. The van der Waals surface area contributed by atoms with E-state index >= 15 is 0 Å². The predicted molar refractivity (Wildman–Crippen MR) is 103 cm³/mol. The highest BCUT2D eigenvalue weighted by Crippen LogP contribution is 2.37. The van der Waals surface area contributed by atoms with E-state index in [-0.39, 0.29) is 10.8 Å². The Morgan fingerprint density at radius 3 is 2.59 bits per heavy atom. The second-order valence-corrected chi connectivity index (χ2v) is 6.04. The Morgan fingerprint density at radius 1 is 1.31 bits per heavy atom. The van der Waals surface area contributed by atoms with Gasteiger partial charge in [0.25, 0.3) is 5.91 Å². The average molecular weight is 425 g/mol. The minimum absolute atomic E-state index is 0.185. The molecule has 2 aromatic rings. The number of benzene rings is 2. The van der Waals surface area contributed by atoms with E-state index in [1.165, 1.54) is 37.5 Å². The molecule has 0 bridgehead atoms. The third-order valence-corrected chi connectivity index (χ3v) is 3.97. The highest BCUT2D eigenvalue weighted by molar-refractivity contribution is 6.32. The summed E-state index contributed by atoms with van der Waals surface area (Å²) in [5.41, 5.74) is -1.54. The largest absolute Gasteiger partial charge is 0.491 e. The normalized spacial score (nSPS) is 11.6. The van der Waals surface area contributed by atoms with Crippen LogP contribution in [0.25, 0.3) is 6.08 Å². The highest BCUT2D eigenvalue weighted by Gasteiger charge is 2.33. The van der Waals surface area contributed by atoms with E-state index in [0.29, 0.717) is 17.9 Å². The quantitative estimate of drug-likeness (QED) is 0.503. The Bertz CT molecular complexity index is 982. The monoisotopic (exact) mass is 424 g/mol. The number of nitrogens with one attached hydrogen (secondary N) is 1. The van der Waals surface area contributed by atoms with E-state index in [1.807, 2.05) is 0 Å². The maximum absolute atomic E-state index is 13.1. The summed E-state index contributed by atoms with van der Waals surface area (Å²) in [5.74, 6) is -0.407. The number of rotatable bonds is 6. The van der Waals surface area contributed by atoms with Crippen LogP contribution in [0.4, 0.5) is 18.9 Å². The van der Waals surface area contributed by atoms with Gasteiger partial charge in [0.15, 0.2) is 11.5 Å². The van der Waals surface area contributed by atoms with Crippen molar-refractivity contribution < 1.29 is 27.4 Å². The van der Waals surface area contributed by atoms with Crippen molar-refractivity contribution in [2.75, 3.05) is 19.0 Å². The molecule has 29 heavy (non-hydrogen) atoms. The van der Waals surface area contributed by atoms with Crippen molar-refractivity contribution in [1.82, 2.24) is 0 Å². The SMILES string of the molecule is CCOc1cc(/C=C(\C#N)C(=O)Nc2ccccc2C(F)(F)F)cc(Cl)c1OC. The first-order valence-corrected chi connectivity index (χ1v) is 8.68. The molecule has 0 saturated carbocycles. The summed E-state index contributed by atoms with van der Waals surface area (Å²) in [6, 6.07) is 9.11. The Hall–Kier alpha value is -3.18. The van der Waals surface area contributed by atoms with Gasteiger partial charge in [0.1, 0.15) is 11.6 Å². The van der Waals surface area contributed by atoms with Gasteiger partial charge in [-0.05, 0) is 42.8 Å². The van der Waals surface area contributed by atoms with Crippen LogP contribution in [-0.2, 0) is 11.0 Å². The van der Waals surface area contributed by atoms with E-state index < -0.39 is 28.9 Å². The Morgan fingerprint density at radius 2 is 2.00 bits per heavy atom. The molecule has 152 valence electrons. The van der Waals surface area contributed by atoms with Gasteiger partial charge in [-0.15, -0.1) is 0 Å². The average Bonchev–Trinajstić information content (AvgIpc) is 2.65. The van der Waals surface area contributed by atoms with Crippen LogP contribution in [-0.4, -0.2) is 19.6 Å². The second kappa shape index (κ2) is 9.34. The van der Waals surface area contributed by atoms with Crippen LogP contribution in [0.1, 0.15) is 18.1 Å². The van der Waals surface area contributed by atoms with Gasteiger partial charge in [-0.3, -0.25) is 4.79 Å². The highest BCUT2D eigenvalue weighted by atomic mass is 35.5. The van der Waals surface area contributed by atoms with Crippen LogP contribution < -0.4 is 14.8 Å². The number of para-hydroxylation sites is 1. The van der Waals surface area contributed by atoms with Crippen molar-refractivity contribution in [3.8, 4) is 17.6 Å². The molecule has 2 rings (SSSR count). The number of alkyl halides is 3. The van der Waals surface area contributed by atoms with Gasteiger partial charge < -0.3 is 14.8 Å². The molecule has 9 heteroatoms. The molecule has 0 fully saturated rings. The third kappa shape index (κ3) is 5.42. The molecule has 1 amide bonds. The van der Waals surface area contributed by atoms with Crippen molar-refractivity contribution in [3.63, 3.8) is 0 Å². The van der Waals surface area contributed by atoms with Gasteiger partial charge in [0, 0.05) is 0 Å². The molecule has 0 saturated heterocycles. The van der Waals surface area contributed by atoms with Gasteiger partial charge in [0.2, 0.25) is 0 Å². The van der Waals surface area contributed by atoms with Crippen LogP contribution in [0.3, 0.4) is 0 Å². The molecule has 2 aromatic carbocycles. The fourth-order valence-corrected chi connectivity index (χ4v) is 2.77. The van der Waals surface area contributed by atoms with Crippen LogP contribution in [0, 0.1) is 11.3 Å². The number of nitrogens with zero attached hydrogens (tertiary/aromatic N) is 1. The maximum atomic E-state index is 13.1. The van der Waals surface area contributed by atoms with Gasteiger partial charge >= 0.3 is 6.18 Å². The molecule has 0 aliphatic carbocycles. The van der Waals surface area contributed by atoms with Gasteiger partial charge in [0.05, 0.1) is 30.0 Å². The lowest BCUT2D eigenvalue weighted by atomic mass is 10.1. The van der Waals surface area contributed by atoms with Crippen molar-refractivity contribution >= 4 is 29.3 Å². The van der Waals surface area contributed by atoms with Gasteiger partial charge in [-0.1, -0.05) is 23.7 Å². The van der Waals surface area contributed by atoms with Crippen LogP contribution >= 0.6 is 11.6 Å². The number of anilines is 1. The lowest BCUT2D eigenvalue weighted by Gasteiger charge is -2.13. The first kappa shape index (κ1) is 22.1. The molecular formula is C20H16ClF3N2O3. The van der Waals surface area contributed by atoms with E-state index in [0.717, 1.165) is 12.1 Å². The van der Waals surface area contributed by atoms with E-state index in [2.05, 4.69) is 5.32 Å². The number of ether oxygens (including phenoxy) is 2. The van der Waals surface area contributed by atoms with Gasteiger partial charge in [-0.25, -0.2) is 0 Å². The Kier molecular flexibility index (Phi) is 7.13. The number of amides is 1. The van der Waals surface area contributed by atoms with Crippen LogP contribution in [0.15, 0.2) is 42.0 Å². The Labute approximate surface area is 170 Å². The summed E-state index contributed by atoms with van der Waals surface area (Å²) in [7, 11) is 1.41. The minimum atomic E-state index is -4.66. The van der Waals surface area contributed by atoms with Crippen LogP contribution in [0.5, 0.6) is 11.5 Å². The maximum Gasteiger partial charge on any atom is 0.418 e. The molecule has 5 nitrogen and oxygen atoms in total. The van der Waals surface area contributed by atoms with Crippen LogP contribution in [0.2, 0.25) is 5.02 Å². The minimum Gasteiger partial charge on any atom is -0.491 e. The van der Waals surface area contributed by atoms with Crippen molar-refractivity contribution in [1.29, 1.82) is 5.26 Å². The third-order valence-electron chi connectivity index (χ3n) is 3.69. The summed E-state index contributed by atoms with van der Waals surface area (Å²) in [6.45, 7) is 2.07. The smallest absolute Gasteiger partial charge is 0.418 e. The van der Waals surface area contributed by atoms with Crippen molar-refractivity contribution in [2.24, 2.45) is 0 Å². The van der Waals surface area contributed by atoms with E-state index in [4.69, 9.17) is 21.1 Å². The molecular weight excluding hydrogens is 409 g/mol. The van der Waals surface area contributed by atoms with E-state index in [9.17, 15) is 23.2 Å². The molecule has 0 unspecified atom stereocenters. The van der Waals surface area contributed by atoms with Crippen molar-refractivity contribution in [3.05, 3.63) is 58.1 Å². The molecule has 0 spiro atoms. The molecule has 0 atom stereocenters. The number of hydrogen-bond acceptors (Lipinski definition) is 4. The zero-order valence-electron chi connectivity index (χ0n) is 15.4. The molecule has 0 aliphatic heterocycles. The fourth-order valence-electron chi connectivity index (χ4n) is 2.48. The Balaban J connectivity index is 2.39. The lowest BCUT2D eigenvalue weighted by molar-refractivity contribution is -0.137. The summed E-state index contributed by atoms with van der Waals surface area (Å²) < 4.78 is 49.9. The van der Waals surface area contributed by atoms with Crippen molar-refractivity contribution in [2.45, 2.75) is 13.1 Å². The molecule has 0 aliphatic rings. The summed E-state index contributed by atoms with van der Waals surface area (Å²) >= 11 is 6.13. The first-order valence-electron chi connectivity index (χ1n) is 8.31. The second-order valence-electron chi connectivity index (χ2n) is 5.63. The van der Waals surface area contributed by atoms with E-state index in [1.54, 1.807) is 13.0 Å². The number of halogens is 4. The molecule has 0 aromatic heterocycles. The van der Waals surface area contributed by atoms with Gasteiger partial charge in [-0.2, -0.15) is 18.4 Å². The fraction of sp³-hybridized carbons (Fsp3) is 0.200. The first-order chi connectivity index (χ1) is 13.7. The number of nitriles is 1. The zero-order valence-corrected chi connectivity index (χ0v) is 16.2. The topological polar surface area (TPSA) is 71.3 Å². The standard InChI is InChI=1S/C20H16ClF3N2O3/c1-3-29-17-10-12(9-15(21)18(17)28-2)8-13(11-25)19(27)26-16-7-5-4-6-14(16)20(22,23)24/h4-10H,3H2,1-2H3,(H,26,27)/b13-8+. The zero-order chi connectivity index (χ0) is 21.6. The lowest BCUT2D eigenvalue weighted by Crippen LogP contribution is -2.17. The number of hydrogen-bond donors (Lipinski definition) is 1. The summed E-state index contributed by atoms with van der Waals surface area (Å²) in [6.07, 6.45) is -3.46.